The summed E-state index contributed by atoms with van der Waals surface area (Å²) in [5.74, 6) is 0. The number of hydrogen-bond acceptors (Lipinski definition) is 0. The van der Waals surface area contributed by atoms with Gasteiger partial charge in [0.2, 0.25) is 0 Å². The summed E-state index contributed by atoms with van der Waals surface area (Å²) in [5.41, 5.74) is 13.4. The Bertz CT molecular complexity index is 4540. The predicted octanol–water partition coefficient (Wildman–Crippen LogP) is 18.8. The van der Waals surface area contributed by atoms with Crippen molar-refractivity contribution < 1.29 is 0 Å². The molecule has 3 nitrogen and oxygen atoms in total. The first kappa shape index (κ1) is 40.5. The van der Waals surface area contributed by atoms with Crippen molar-refractivity contribution in [1.82, 2.24) is 13.7 Å². The van der Waals surface area contributed by atoms with E-state index >= 15 is 0 Å². The highest BCUT2D eigenvalue weighted by molar-refractivity contribution is 6.29. The summed E-state index contributed by atoms with van der Waals surface area (Å²) in [5, 5.41) is 20.4. The van der Waals surface area contributed by atoms with Gasteiger partial charge in [-0.1, -0.05) is 169 Å². The molecule has 3 aromatic heterocycles. The molecular formula is C68H51N3. The molecule has 3 heteroatoms. The second kappa shape index (κ2) is 14.1. The normalized spacial score (nSPS) is 12.9. The number of nitrogens with zero attached hydrogens (tertiary/aromatic N) is 3. The zero-order chi connectivity index (χ0) is 47.7. The van der Waals surface area contributed by atoms with Crippen LogP contribution in [0.4, 0.5) is 0 Å². The molecule has 0 unspecified atom stereocenters. The number of aromatic nitrogens is 3. The molecule has 15 rings (SSSR count). The summed E-state index contributed by atoms with van der Waals surface area (Å²) >= 11 is 0. The molecule has 0 aliphatic heterocycles. The molecule has 0 aliphatic rings. The molecule has 338 valence electrons. The molecular weight excluding hydrogens is 859 g/mol. The predicted molar refractivity (Wildman–Crippen MR) is 306 cm³/mol. The van der Waals surface area contributed by atoms with Gasteiger partial charge < -0.3 is 13.7 Å². The van der Waals surface area contributed by atoms with E-state index in [2.05, 4.69) is 255 Å². The van der Waals surface area contributed by atoms with E-state index in [1.807, 2.05) is 0 Å². The minimum Gasteiger partial charge on any atom is -0.309 e. The lowest BCUT2D eigenvalue weighted by molar-refractivity contribution is 0.590. The largest absolute Gasteiger partial charge is 0.309 e. The van der Waals surface area contributed by atoms with Crippen molar-refractivity contribution in [2.24, 2.45) is 0 Å². The molecule has 0 aliphatic carbocycles. The molecule has 0 saturated carbocycles. The maximum atomic E-state index is 2.55. The van der Waals surface area contributed by atoms with Gasteiger partial charge >= 0.3 is 0 Å². The van der Waals surface area contributed by atoms with Crippen LogP contribution in [-0.4, -0.2) is 13.7 Å². The van der Waals surface area contributed by atoms with Crippen molar-refractivity contribution >= 4 is 119 Å². The minimum absolute atomic E-state index is 0.0198. The third kappa shape index (κ3) is 5.72. The van der Waals surface area contributed by atoms with Gasteiger partial charge in [-0.2, -0.15) is 0 Å². The van der Waals surface area contributed by atoms with E-state index in [0.29, 0.717) is 0 Å². The maximum Gasteiger partial charge on any atom is 0.0561 e. The molecule has 3 heterocycles. The summed E-state index contributed by atoms with van der Waals surface area (Å²) in [6.07, 6.45) is 0. The fourth-order valence-corrected chi connectivity index (χ4v) is 12.5. The van der Waals surface area contributed by atoms with Crippen LogP contribution in [0, 0.1) is 0 Å². The monoisotopic (exact) mass is 909 g/mol. The molecule has 0 N–H and O–H groups in total. The van der Waals surface area contributed by atoms with Gasteiger partial charge in [0.25, 0.3) is 0 Å². The van der Waals surface area contributed by atoms with Gasteiger partial charge in [-0.15, -0.1) is 0 Å². The van der Waals surface area contributed by atoms with Crippen molar-refractivity contribution in [2.45, 2.75) is 52.4 Å². The molecule has 0 bridgehead atoms. The van der Waals surface area contributed by atoms with Crippen LogP contribution < -0.4 is 0 Å². The zero-order valence-corrected chi connectivity index (χ0v) is 40.9. The lowest BCUT2D eigenvalue weighted by atomic mass is 9.85. The minimum atomic E-state index is 0.0198. The Labute approximate surface area is 411 Å². The van der Waals surface area contributed by atoms with Crippen LogP contribution in [0.25, 0.3) is 136 Å². The van der Waals surface area contributed by atoms with E-state index in [0.717, 1.165) is 17.1 Å². The highest BCUT2D eigenvalue weighted by Crippen LogP contribution is 2.45. The lowest BCUT2D eigenvalue weighted by Crippen LogP contribution is -2.10. The van der Waals surface area contributed by atoms with Crippen LogP contribution in [0.3, 0.4) is 0 Å². The molecule has 0 saturated heterocycles. The van der Waals surface area contributed by atoms with E-state index < -0.39 is 0 Å². The molecule has 0 fully saturated rings. The van der Waals surface area contributed by atoms with Gasteiger partial charge in [0.15, 0.2) is 0 Å². The number of benzene rings is 12. The maximum absolute atomic E-state index is 2.55. The van der Waals surface area contributed by atoms with Crippen LogP contribution in [0.2, 0.25) is 0 Å². The molecule has 0 spiro atoms. The average molecular weight is 910 g/mol. The number of rotatable bonds is 3. The molecule has 0 amide bonds. The molecule has 15 aromatic rings. The number of fused-ring (bicyclic) bond motifs is 13. The van der Waals surface area contributed by atoms with Gasteiger partial charge in [0.05, 0.1) is 33.1 Å². The van der Waals surface area contributed by atoms with Crippen LogP contribution in [0.5, 0.6) is 0 Å². The first-order chi connectivity index (χ1) is 34.5. The van der Waals surface area contributed by atoms with E-state index in [1.165, 1.54) is 130 Å². The third-order valence-electron chi connectivity index (χ3n) is 16.0. The van der Waals surface area contributed by atoms with Crippen LogP contribution >= 0.6 is 0 Å². The van der Waals surface area contributed by atoms with Crippen LogP contribution in [0.15, 0.2) is 200 Å². The quantitative estimate of drug-likeness (QED) is 0.157. The topological polar surface area (TPSA) is 14.8 Å². The zero-order valence-electron chi connectivity index (χ0n) is 40.9. The van der Waals surface area contributed by atoms with Crippen LogP contribution in [-0.2, 0) is 10.8 Å². The Balaban J connectivity index is 1.05. The van der Waals surface area contributed by atoms with E-state index in [1.54, 1.807) is 0 Å². The average Bonchev–Trinajstić information content (AvgIpc) is 4.03. The molecule has 71 heavy (non-hydrogen) atoms. The Kier molecular flexibility index (Phi) is 8.05. The Morgan fingerprint density at radius 3 is 1.13 bits per heavy atom. The summed E-state index contributed by atoms with van der Waals surface area (Å²) in [6.45, 7) is 13.9. The van der Waals surface area contributed by atoms with Crippen molar-refractivity contribution in [3.05, 3.63) is 211 Å². The second-order valence-corrected chi connectivity index (χ2v) is 22.2. The van der Waals surface area contributed by atoms with Crippen molar-refractivity contribution in [1.29, 1.82) is 0 Å². The standard InChI is InChI=1S/C68H51N3/c1-67(2,3)46-24-32-57-55(36-46)56-37-47(68(4,5)6)25-33-58(56)69(57)48-26-28-53-54-29-27-49(70-59-30-22-40-12-7-9-16-51(40)65(59)66-52-17-10-8-13-41(52)23-31-60(66)70)39-62(54)71(61(53)38-48)50-34-44-20-18-42-14-11-15-43-19-21-45(35-50)64(44)63(42)43/h7-39H,1-6H3. The van der Waals surface area contributed by atoms with Crippen LogP contribution in [0.1, 0.15) is 52.7 Å². The first-order valence-electron chi connectivity index (χ1n) is 25.2. The Morgan fingerprint density at radius 2 is 0.634 bits per heavy atom. The van der Waals surface area contributed by atoms with Crippen molar-refractivity contribution in [3.63, 3.8) is 0 Å². The number of hydrogen-bond donors (Lipinski definition) is 0. The smallest absolute Gasteiger partial charge is 0.0561 e. The summed E-state index contributed by atoms with van der Waals surface area (Å²) in [4.78, 5) is 0. The van der Waals surface area contributed by atoms with E-state index in [4.69, 9.17) is 0 Å². The van der Waals surface area contributed by atoms with Crippen molar-refractivity contribution in [3.8, 4) is 17.1 Å². The van der Waals surface area contributed by atoms with E-state index in [-0.39, 0.29) is 10.8 Å². The third-order valence-corrected chi connectivity index (χ3v) is 16.0. The lowest BCUT2D eigenvalue weighted by Gasteiger charge is -2.19. The first-order valence-corrected chi connectivity index (χ1v) is 25.2. The summed E-state index contributed by atoms with van der Waals surface area (Å²) in [6, 6.07) is 76.3. The fraction of sp³-hybridized carbons (Fsp3) is 0.118. The highest BCUT2D eigenvalue weighted by Gasteiger charge is 2.24. The molecule has 12 aromatic carbocycles. The van der Waals surface area contributed by atoms with Crippen molar-refractivity contribution in [2.75, 3.05) is 0 Å². The summed E-state index contributed by atoms with van der Waals surface area (Å²) < 4.78 is 7.56. The van der Waals surface area contributed by atoms with Gasteiger partial charge in [-0.25, -0.2) is 0 Å². The highest BCUT2D eigenvalue weighted by atomic mass is 15.0. The van der Waals surface area contributed by atoms with Gasteiger partial charge in [-0.05, 0) is 149 Å². The van der Waals surface area contributed by atoms with Gasteiger partial charge in [0.1, 0.15) is 0 Å². The Morgan fingerprint density at radius 1 is 0.239 bits per heavy atom. The molecule has 0 atom stereocenters. The second-order valence-electron chi connectivity index (χ2n) is 22.2. The van der Waals surface area contributed by atoms with Gasteiger partial charge in [-0.3, -0.25) is 0 Å². The van der Waals surface area contributed by atoms with Gasteiger partial charge in [0, 0.05) is 49.4 Å². The van der Waals surface area contributed by atoms with E-state index in [9.17, 15) is 0 Å². The Hall–Kier alpha value is -8.40. The fourth-order valence-electron chi connectivity index (χ4n) is 12.5. The molecule has 0 radical (unpaired) electrons. The summed E-state index contributed by atoms with van der Waals surface area (Å²) in [7, 11) is 0. The SMILES string of the molecule is CC(C)(C)c1ccc2c(c1)c1cc(C(C)(C)C)ccc1n2-c1ccc2c3ccc(-n4c5ccc6ccccc6c5c5c6ccccc6ccc54)cc3n(-c3cc4ccc5cccc6ccc(c3)c4c56)c2c1.